The number of Topliss-reactive ketones (excluding diaryl/α,β-unsaturated/α-hetero) is 2. The van der Waals surface area contributed by atoms with E-state index in [1.807, 2.05) is 6.92 Å². The highest BCUT2D eigenvalue weighted by Gasteiger charge is 2.36. The van der Waals surface area contributed by atoms with Crippen molar-refractivity contribution in [3.8, 4) is 0 Å². The number of unbranched alkanes of at least 4 members (excludes halogenated alkanes) is 3. The molecule has 1 saturated carbocycles. The first-order valence-corrected chi connectivity index (χ1v) is 6.78. The molecule has 0 radical (unpaired) electrons. The molecule has 2 nitrogen and oxygen atoms in total. The molecular weight excluding hydrogens is 200 g/mol. The van der Waals surface area contributed by atoms with Crippen LogP contribution in [0.4, 0.5) is 0 Å². The van der Waals surface area contributed by atoms with Crippen molar-refractivity contribution in [2.75, 3.05) is 0 Å². The summed E-state index contributed by atoms with van der Waals surface area (Å²) in [4.78, 5) is 23.5. The van der Waals surface area contributed by atoms with Gasteiger partial charge < -0.3 is 0 Å². The molecule has 1 rings (SSSR count). The summed E-state index contributed by atoms with van der Waals surface area (Å²) in [7, 11) is 0. The number of hydrogen-bond donors (Lipinski definition) is 0. The fourth-order valence-corrected chi connectivity index (χ4v) is 2.09. The molecule has 0 aromatic carbocycles. The minimum absolute atomic E-state index is 0.00459. The molecule has 1 unspecified atom stereocenters. The molecule has 0 amide bonds. The summed E-state index contributed by atoms with van der Waals surface area (Å²) in [6.07, 6.45) is 8.35. The second kappa shape index (κ2) is 6.82. The minimum Gasteiger partial charge on any atom is -0.291 e. The van der Waals surface area contributed by atoms with E-state index in [-0.39, 0.29) is 23.4 Å². The highest BCUT2D eigenvalue weighted by Crippen LogP contribution is 2.31. The van der Waals surface area contributed by atoms with Crippen molar-refractivity contribution in [2.45, 2.75) is 65.2 Å². The zero-order valence-electron chi connectivity index (χ0n) is 10.6. The zero-order valence-corrected chi connectivity index (χ0v) is 10.6. The molecule has 0 bridgehead atoms. The van der Waals surface area contributed by atoms with Crippen LogP contribution in [0.5, 0.6) is 0 Å². The van der Waals surface area contributed by atoms with Gasteiger partial charge in [-0.25, -0.2) is 0 Å². The molecule has 0 heterocycles. The van der Waals surface area contributed by atoms with Crippen molar-refractivity contribution in [3.63, 3.8) is 0 Å². The normalized spacial score (nSPS) is 17.1. The summed E-state index contributed by atoms with van der Waals surface area (Å²) in [6, 6.07) is 0. The molecule has 2 heteroatoms. The third-order valence-electron chi connectivity index (χ3n) is 3.46. The van der Waals surface area contributed by atoms with Gasteiger partial charge in [0.15, 0.2) is 0 Å². The molecule has 92 valence electrons. The maximum Gasteiger partial charge on any atom is 0.201 e. The third kappa shape index (κ3) is 4.07. The van der Waals surface area contributed by atoms with Crippen molar-refractivity contribution < 1.29 is 9.59 Å². The first-order chi connectivity index (χ1) is 7.70. The summed E-state index contributed by atoms with van der Waals surface area (Å²) in [6.45, 7) is 4.20. The van der Waals surface area contributed by atoms with Crippen molar-refractivity contribution in [1.82, 2.24) is 0 Å². The molecule has 16 heavy (non-hydrogen) atoms. The van der Waals surface area contributed by atoms with Crippen molar-refractivity contribution >= 4 is 11.6 Å². The van der Waals surface area contributed by atoms with E-state index in [0.717, 1.165) is 32.1 Å². The maximum absolute atomic E-state index is 11.9. The van der Waals surface area contributed by atoms with Crippen LogP contribution in [0.3, 0.4) is 0 Å². The van der Waals surface area contributed by atoms with Gasteiger partial charge in [0, 0.05) is 11.8 Å². The van der Waals surface area contributed by atoms with Crippen LogP contribution in [0.2, 0.25) is 0 Å². The fraction of sp³-hybridized carbons (Fsp3) is 0.857. The Hall–Kier alpha value is -0.660. The van der Waals surface area contributed by atoms with E-state index in [0.29, 0.717) is 0 Å². The Balaban J connectivity index is 2.28. The van der Waals surface area contributed by atoms with Gasteiger partial charge >= 0.3 is 0 Å². The molecule has 0 spiro atoms. The quantitative estimate of drug-likeness (QED) is 0.443. The van der Waals surface area contributed by atoms with E-state index in [9.17, 15) is 9.59 Å². The van der Waals surface area contributed by atoms with E-state index < -0.39 is 0 Å². The highest BCUT2D eigenvalue weighted by atomic mass is 16.2. The first-order valence-electron chi connectivity index (χ1n) is 6.78. The topological polar surface area (TPSA) is 34.1 Å². The van der Waals surface area contributed by atoms with Crippen LogP contribution in [0.1, 0.15) is 65.2 Å². The number of carbonyl (C=O) groups excluding carboxylic acids is 2. The fourth-order valence-electron chi connectivity index (χ4n) is 2.09. The van der Waals surface area contributed by atoms with Gasteiger partial charge in [-0.1, -0.05) is 39.5 Å². The second-order valence-electron chi connectivity index (χ2n) is 4.96. The van der Waals surface area contributed by atoms with Crippen LogP contribution in [0.25, 0.3) is 0 Å². The Morgan fingerprint density at radius 3 is 2.31 bits per heavy atom. The smallest absolute Gasteiger partial charge is 0.201 e. The zero-order chi connectivity index (χ0) is 12.0. The van der Waals surface area contributed by atoms with Crippen LogP contribution >= 0.6 is 0 Å². The average molecular weight is 224 g/mol. The van der Waals surface area contributed by atoms with Gasteiger partial charge in [0.25, 0.3) is 0 Å². The van der Waals surface area contributed by atoms with Gasteiger partial charge in [0.2, 0.25) is 11.6 Å². The van der Waals surface area contributed by atoms with E-state index in [1.54, 1.807) is 0 Å². The molecule has 1 aliphatic rings. The Morgan fingerprint density at radius 1 is 1.12 bits per heavy atom. The summed E-state index contributed by atoms with van der Waals surface area (Å²) >= 11 is 0. The predicted octanol–water partition coefficient (Wildman–Crippen LogP) is 3.53. The lowest BCUT2D eigenvalue weighted by atomic mass is 9.90. The lowest BCUT2D eigenvalue weighted by Crippen LogP contribution is -2.24. The van der Waals surface area contributed by atoms with Crippen LogP contribution in [-0.4, -0.2) is 11.6 Å². The molecule has 1 atom stereocenters. The molecule has 0 aromatic heterocycles. The molecule has 0 N–H and O–H groups in total. The number of ketones is 2. The van der Waals surface area contributed by atoms with Gasteiger partial charge in [-0.3, -0.25) is 9.59 Å². The number of hydrogen-bond acceptors (Lipinski definition) is 2. The van der Waals surface area contributed by atoms with Gasteiger partial charge in [-0.05, 0) is 25.7 Å². The van der Waals surface area contributed by atoms with Gasteiger partial charge in [0.05, 0.1) is 0 Å². The standard InChI is InChI=1S/C14H24O2/c1-3-5-6-7-8-11(4-2)13(15)14(16)12-9-10-12/h11-12H,3-10H2,1-2H3. The van der Waals surface area contributed by atoms with Crippen LogP contribution < -0.4 is 0 Å². The summed E-state index contributed by atoms with van der Waals surface area (Å²) in [5.41, 5.74) is 0. The van der Waals surface area contributed by atoms with E-state index in [1.165, 1.54) is 19.3 Å². The third-order valence-corrected chi connectivity index (χ3v) is 3.46. The van der Waals surface area contributed by atoms with Gasteiger partial charge in [0.1, 0.15) is 0 Å². The lowest BCUT2D eigenvalue weighted by molar-refractivity contribution is -0.139. The highest BCUT2D eigenvalue weighted by molar-refractivity contribution is 6.39. The molecule has 1 fully saturated rings. The van der Waals surface area contributed by atoms with Crippen LogP contribution in [0, 0.1) is 11.8 Å². The Kier molecular flexibility index (Phi) is 5.72. The van der Waals surface area contributed by atoms with Gasteiger partial charge in [-0.15, -0.1) is 0 Å². The largest absolute Gasteiger partial charge is 0.291 e. The van der Waals surface area contributed by atoms with E-state index in [2.05, 4.69) is 6.92 Å². The monoisotopic (exact) mass is 224 g/mol. The van der Waals surface area contributed by atoms with E-state index >= 15 is 0 Å². The van der Waals surface area contributed by atoms with Gasteiger partial charge in [-0.2, -0.15) is 0 Å². The molecular formula is C14H24O2. The van der Waals surface area contributed by atoms with Crippen molar-refractivity contribution in [1.29, 1.82) is 0 Å². The number of carbonyl (C=O) groups is 2. The summed E-state index contributed by atoms with van der Waals surface area (Å²) in [5, 5.41) is 0. The lowest BCUT2D eigenvalue weighted by Gasteiger charge is -2.12. The van der Waals surface area contributed by atoms with Crippen molar-refractivity contribution in [3.05, 3.63) is 0 Å². The van der Waals surface area contributed by atoms with E-state index in [4.69, 9.17) is 0 Å². The second-order valence-corrected chi connectivity index (χ2v) is 4.96. The van der Waals surface area contributed by atoms with Crippen LogP contribution in [0.15, 0.2) is 0 Å². The molecule has 0 saturated heterocycles. The molecule has 0 aliphatic heterocycles. The van der Waals surface area contributed by atoms with Crippen LogP contribution in [-0.2, 0) is 9.59 Å². The Bertz CT molecular complexity index is 241. The minimum atomic E-state index is -0.0819. The average Bonchev–Trinajstić information content (AvgIpc) is 3.11. The Morgan fingerprint density at radius 2 is 1.81 bits per heavy atom. The Labute approximate surface area is 98.8 Å². The number of rotatable bonds is 9. The SMILES string of the molecule is CCCCCCC(CC)C(=O)C(=O)C1CC1. The summed E-state index contributed by atoms with van der Waals surface area (Å²) in [5.74, 6) is -0.0639. The predicted molar refractivity (Wildman–Crippen MR) is 65.3 cm³/mol. The molecule has 0 aromatic rings. The summed E-state index contributed by atoms with van der Waals surface area (Å²) < 4.78 is 0. The van der Waals surface area contributed by atoms with Crippen molar-refractivity contribution in [2.24, 2.45) is 11.8 Å². The molecule has 1 aliphatic carbocycles. The maximum atomic E-state index is 11.9. The first kappa shape index (κ1) is 13.4.